The third-order valence-electron chi connectivity index (χ3n) is 4.84. The second-order valence-corrected chi connectivity index (χ2v) is 8.46. The zero-order valence-electron chi connectivity index (χ0n) is 22.1. The van der Waals surface area contributed by atoms with Crippen molar-refractivity contribution in [3.8, 4) is 34.4 Å². The van der Waals surface area contributed by atoms with Gasteiger partial charge >= 0.3 is 0 Å². The van der Waals surface area contributed by atoms with E-state index in [-0.39, 0.29) is 16.3 Å². The van der Waals surface area contributed by atoms with Crippen LogP contribution in [0, 0.1) is 25.1 Å². The number of aryl methyl sites for hydroxylation is 1. The number of terminal acetylenes is 1. The van der Waals surface area contributed by atoms with Crippen LogP contribution >= 0.6 is 11.3 Å². The largest absolute Gasteiger partial charge is 0.497 e. The molecule has 0 atom stereocenters. The van der Waals surface area contributed by atoms with Crippen molar-refractivity contribution in [2.24, 2.45) is 0 Å². The van der Waals surface area contributed by atoms with E-state index >= 15 is 0 Å². The van der Waals surface area contributed by atoms with Gasteiger partial charge in [-0.15, -0.1) is 17.4 Å². The zero-order valence-corrected chi connectivity index (χ0v) is 22.9. The zero-order chi connectivity index (χ0) is 27.9. The maximum atomic E-state index is 14.7. The molecule has 1 amide bonds. The minimum Gasteiger partial charge on any atom is -0.497 e. The number of pyridine rings is 1. The Morgan fingerprint density at radius 2 is 2.05 bits per heavy atom. The van der Waals surface area contributed by atoms with E-state index in [1.807, 2.05) is 32.1 Å². The smallest absolute Gasteiger partial charge is 0.295 e. The standard InChI is InChI=1S/C24H25FN4O4S.C4H6/c1-5-8-16(31-3)9-7-12-33-24-29-28-23(34-24)27-22(30)18-14-26-15(2)13-17(18)21-19(25)10-6-11-20(21)32-4;1-3-4-2/h5-6,8-11,13-14H,7,12H2,1-4H3,(H,27,28,30);1H,4H2,2H3/b8-5-,16-9+;. The molecule has 38 heavy (non-hydrogen) atoms. The molecular weight excluding hydrogens is 507 g/mol. The van der Waals surface area contributed by atoms with Crippen molar-refractivity contribution in [1.29, 1.82) is 0 Å². The molecule has 0 unspecified atom stereocenters. The summed E-state index contributed by atoms with van der Waals surface area (Å²) in [6, 6.07) is 6.13. The van der Waals surface area contributed by atoms with Gasteiger partial charge < -0.3 is 14.2 Å². The molecule has 0 fully saturated rings. The molecule has 2 aromatic heterocycles. The highest BCUT2D eigenvalue weighted by molar-refractivity contribution is 7.17. The Bertz CT molecular complexity index is 1310. The van der Waals surface area contributed by atoms with Gasteiger partial charge in [-0.25, -0.2) is 4.39 Å². The average Bonchev–Trinajstić information content (AvgIpc) is 3.37. The molecule has 1 N–H and O–H groups in total. The van der Waals surface area contributed by atoms with Gasteiger partial charge in [0, 0.05) is 30.3 Å². The number of nitrogens with zero attached hydrogens (tertiary/aromatic N) is 3. The Balaban J connectivity index is 0.00000118. The van der Waals surface area contributed by atoms with E-state index in [0.717, 1.165) is 23.5 Å². The molecule has 8 nitrogen and oxygen atoms in total. The highest BCUT2D eigenvalue weighted by Crippen LogP contribution is 2.35. The molecule has 2 heterocycles. The average molecular weight is 539 g/mol. The number of carbonyl (C=O) groups excluding carboxylic acids is 1. The summed E-state index contributed by atoms with van der Waals surface area (Å²) in [6.45, 7) is 5.98. The van der Waals surface area contributed by atoms with E-state index in [2.05, 4.69) is 26.4 Å². The molecule has 3 rings (SSSR count). The summed E-state index contributed by atoms with van der Waals surface area (Å²) in [5.41, 5.74) is 1.35. The molecule has 0 saturated carbocycles. The molecule has 200 valence electrons. The molecule has 3 aromatic rings. The van der Waals surface area contributed by atoms with Crippen molar-refractivity contribution in [3.05, 3.63) is 71.5 Å². The second-order valence-electron chi connectivity index (χ2n) is 7.52. The minimum absolute atomic E-state index is 0.174. The molecule has 0 aliphatic heterocycles. The van der Waals surface area contributed by atoms with Gasteiger partial charge in [0.05, 0.1) is 32.0 Å². The molecular formula is C28H31FN4O4S. The molecule has 0 aliphatic carbocycles. The van der Waals surface area contributed by atoms with E-state index in [9.17, 15) is 9.18 Å². The number of hydrogen-bond donors (Lipinski definition) is 1. The third-order valence-corrected chi connectivity index (χ3v) is 5.59. The van der Waals surface area contributed by atoms with Crippen LogP contribution in [0.3, 0.4) is 0 Å². The minimum atomic E-state index is -0.509. The third kappa shape index (κ3) is 8.71. The van der Waals surface area contributed by atoms with Crippen LogP contribution in [0.4, 0.5) is 9.52 Å². The lowest BCUT2D eigenvalue weighted by Gasteiger charge is -2.14. The van der Waals surface area contributed by atoms with Crippen LogP contribution in [-0.4, -0.2) is 41.9 Å². The quantitative estimate of drug-likeness (QED) is 0.142. The Morgan fingerprint density at radius 1 is 1.29 bits per heavy atom. The van der Waals surface area contributed by atoms with Gasteiger partial charge in [0.25, 0.3) is 11.1 Å². The van der Waals surface area contributed by atoms with Crippen molar-refractivity contribution in [1.82, 2.24) is 15.2 Å². The van der Waals surface area contributed by atoms with Gasteiger partial charge in [-0.3, -0.25) is 15.1 Å². The fourth-order valence-corrected chi connectivity index (χ4v) is 3.71. The van der Waals surface area contributed by atoms with Crippen LogP contribution in [0.15, 0.2) is 54.4 Å². The Hall–Kier alpha value is -4.23. The van der Waals surface area contributed by atoms with E-state index in [0.29, 0.717) is 35.2 Å². The number of allylic oxidation sites excluding steroid dienone is 2. The lowest BCUT2D eigenvalue weighted by molar-refractivity contribution is 0.102. The van der Waals surface area contributed by atoms with Crippen molar-refractivity contribution in [2.45, 2.75) is 33.6 Å². The Labute approximate surface area is 226 Å². The predicted molar refractivity (Wildman–Crippen MR) is 148 cm³/mol. The van der Waals surface area contributed by atoms with E-state index in [1.165, 1.54) is 19.4 Å². The topological polar surface area (TPSA) is 95.5 Å². The summed E-state index contributed by atoms with van der Waals surface area (Å²) in [5.74, 6) is 2.47. The van der Waals surface area contributed by atoms with Crippen LogP contribution in [-0.2, 0) is 4.74 Å². The lowest BCUT2D eigenvalue weighted by Crippen LogP contribution is -2.14. The Morgan fingerprint density at radius 3 is 2.71 bits per heavy atom. The molecule has 0 aliphatic rings. The summed E-state index contributed by atoms with van der Waals surface area (Å²) in [5, 5.41) is 11.1. The number of benzene rings is 1. The van der Waals surface area contributed by atoms with E-state index in [1.54, 1.807) is 32.2 Å². The van der Waals surface area contributed by atoms with Gasteiger partial charge in [-0.05, 0) is 55.5 Å². The SMILES string of the molecule is C#CCC.C/C=C\C(=C/CCOc1nnc(NC(=O)c2cnc(C)cc2-c2c(F)cccc2OC)s1)OC. The van der Waals surface area contributed by atoms with Crippen molar-refractivity contribution in [2.75, 3.05) is 26.1 Å². The lowest BCUT2D eigenvalue weighted by atomic mass is 9.98. The number of nitrogens with one attached hydrogen (secondary N) is 1. The fourth-order valence-electron chi connectivity index (χ4n) is 3.10. The molecule has 10 heteroatoms. The highest BCUT2D eigenvalue weighted by Gasteiger charge is 2.21. The second kappa shape index (κ2) is 15.8. The first-order chi connectivity index (χ1) is 18.4. The van der Waals surface area contributed by atoms with Gasteiger partial charge in [0.2, 0.25) is 5.13 Å². The number of aromatic nitrogens is 3. The van der Waals surface area contributed by atoms with Crippen LogP contribution in [0.5, 0.6) is 10.9 Å². The summed E-state index contributed by atoms with van der Waals surface area (Å²) in [4.78, 5) is 17.2. The first-order valence-electron chi connectivity index (χ1n) is 11.8. The number of halogens is 1. The van der Waals surface area contributed by atoms with Gasteiger partial charge in [-0.1, -0.05) is 24.2 Å². The number of hydrogen-bond acceptors (Lipinski definition) is 8. The Kier molecular flexibility index (Phi) is 12.5. The van der Waals surface area contributed by atoms with Crippen LogP contribution in [0.25, 0.3) is 11.1 Å². The number of amides is 1. The maximum Gasteiger partial charge on any atom is 0.295 e. The molecule has 0 spiro atoms. The van der Waals surface area contributed by atoms with Crippen LogP contribution in [0.2, 0.25) is 0 Å². The normalized spacial score (nSPS) is 10.8. The number of methoxy groups -OCH3 is 2. The summed E-state index contributed by atoms with van der Waals surface area (Å²) in [6.07, 6.45) is 13.3. The molecule has 0 saturated heterocycles. The predicted octanol–water partition coefficient (Wildman–Crippen LogP) is 6.21. The van der Waals surface area contributed by atoms with Crippen molar-refractivity contribution >= 4 is 22.4 Å². The highest BCUT2D eigenvalue weighted by atomic mass is 32.1. The van der Waals surface area contributed by atoms with Gasteiger partial charge in [-0.2, -0.15) is 0 Å². The first kappa shape index (κ1) is 30.0. The first-order valence-corrected chi connectivity index (χ1v) is 12.6. The van der Waals surface area contributed by atoms with E-state index < -0.39 is 11.7 Å². The number of rotatable bonds is 10. The molecule has 1 aromatic carbocycles. The van der Waals surface area contributed by atoms with Gasteiger partial charge in [0.15, 0.2) is 0 Å². The number of anilines is 1. The maximum absolute atomic E-state index is 14.7. The summed E-state index contributed by atoms with van der Waals surface area (Å²) < 4.78 is 30.8. The summed E-state index contributed by atoms with van der Waals surface area (Å²) in [7, 11) is 3.05. The van der Waals surface area contributed by atoms with Crippen molar-refractivity contribution < 1.29 is 23.4 Å². The number of ether oxygens (including phenoxy) is 3. The monoisotopic (exact) mass is 538 g/mol. The van der Waals surface area contributed by atoms with Gasteiger partial charge in [0.1, 0.15) is 17.3 Å². The fraction of sp³-hybridized carbons (Fsp3) is 0.286. The van der Waals surface area contributed by atoms with E-state index in [4.69, 9.17) is 20.6 Å². The molecule has 0 radical (unpaired) electrons. The van der Waals surface area contributed by atoms with Crippen LogP contribution in [0.1, 0.15) is 42.7 Å². The van der Waals surface area contributed by atoms with Crippen molar-refractivity contribution in [3.63, 3.8) is 0 Å². The summed E-state index contributed by atoms with van der Waals surface area (Å²) >= 11 is 1.08. The van der Waals surface area contributed by atoms with Crippen LogP contribution < -0.4 is 14.8 Å². The molecule has 0 bridgehead atoms. The number of carbonyl (C=O) groups is 1.